The molecule has 118 valence electrons. The molecule has 1 aliphatic heterocycles. The fourth-order valence-corrected chi connectivity index (χ4v) is 2.88. The number of rotatable bonds is 5. The molecular formula is C16H20N2O3S. The molecule has 0 bridgehead atoms. The Bertz CT molecular complexity index is 584. The van der Waals surface area contributed by atoms with Crippen LogP contribution in [0.15, 0.2) is 35.7 Å². The fourth-order valence-electron chi connectivity index (χ4n) is 2.07. The van der Waals surface area contributed by atoms with E-state index in [1.807, 2.05) is 35.7 Å². The molecule has 2 N–H and O–H groups in total. The molecule has 0 fully saturated rings. The SMILES string of the molecule is CC(C)(CO)NC(=O)CN1C(=O)CSC=C1c1ccccc1. The quantitative estimate of drug-likeness (QED) is 0.861. The van der Waals surface area contributed by atoms with E-state index in [1.54, 1.807) is 13.8 Å². The van der Waals surface area contributed by atoms with Crippen molar-refractivity contribution in [3.8, 4) is 0 Å². The summed E-state index contributed by atoms with van der Waals surface area (Å²) in [6, 6.07) is 9.52. The van der Waals surface area contributed by atoms with E-state index in [1.165, 1.54) is 16.7 Å². The molecule has 0 saturated heterocycles. The number of amides is 2. The first kappa shape index (κ1) is 16.6. The minimum atomic E-state index is -0.707. The largest absolute Gasteiger partial charge is 0.394 e. The second-order valence-corrected chi connectivity index (χ2v) is 6.61. The molecule has 2 rings (SSSR count). The zero-order valence-electron chi connectivity index (χ0n) is 12.7. The number of aliphatic hydroxyl groups is 1. The van der Waals surface area contributed by atoms with Crippen molar-refractivity contribution in [3.63, 3.8) is 0 Å². The van der Waals surface area contributed by atoms with Crippen LogP contribution in [0, 0.1) is 0 Å². The summed E-state index contributed by atoms with van der Waals surface area (Å²) in [5, 5.41) is 13.9. The number of aliphatic hydroxyl groups excluding tert-OH is 1. The van der Waals surface area contributed by atoms with Gasteiger partial charge in [-0.3, -0.25) is 9.59 Å². The average Bonchev–Trinajstić information content (AvgIpc) is 2.49. The van der Waals surface area contributed by atoms with Gasteiger partial charge in [0.1, 0.15) is 6.54 Å². The van der Waals surface area contributed by atoms with Gasteiger partial charge in [0.2, 0.25) is 11.8 Å². The third-order valence-electron chi connectivity index (χ3n) is 3.24. The van der Waals surface area contributed by atoms with Crippen LogP contribution in [-0.4, -0.2) is 46.3 Å². The Morgan fingerprint density at radius 1 is 1.36 bits per heavy atom. The lowest BCUT2D eigenvalue weighted by Gasteiger charge is -2.30. The minimum absolute atomic E-state index is 0.0520. The highest BCUT2D eigenvalue weighted by atomic mass is 32.2. The standard InChI is InChI=1S/C16H20N2O3S/c1-16(2,11-19)17-14(20)8-18-13(9-22-10-15(18)21)12-6-4-3-5-7-12/h3-7,9,19H,8,10-11H2,1-2H3,(H,17,20). The van der Waals surface area contributed by atoms with Crippen LogP contribution in [0.3, 0.4) is 0 Å². The Labute approximate surface area is 134 Å². The molecule has 22 heavy (non-hydrogen) atoms. The number of carbonyl (C=O) groups excluding carboxylic acids is 2. The molecule has 0 unspecified atom stereocenters. The number of benzene rings is 1. The van der Waals surface area contributed by atoms with Crippen LogP contribution in [0.5, 0.6) is 0 Å². The predicted octanol–water partition coefficient (Wildman–Crippen LogP) is 1.45. The van der Waals surface area contributed by atoms with Crippen LogP contribution in [0.1, 0.15) is 19.4 Å². The Hall–Kier alpha value is -1.79. The summed E-state index contributed by atoms with van der Waals surface area (Å²) < 4.78 is 0. The molecule has 2 amide bonds. The molecule has 1 aromatic carbocycles. The first-order chi connectivity index (χ1) is 10.4. The van der Waals surface area contributed by atoms with E-state index in [4.69, 9.17) is 0 Å². The van der Waals surface area contributed by atoms with Crippen molar-refractivity contribution >= 4 is 29.3 Å². The Kier molecular flexibility index (Phi) is 5.26. The Morgan fingerprint density at radius 2 is 2.05 bits per heavy atom. The second kappa shape index (κ2) is 6.98. The number of nitrogens with one attached hydrogen (secondary N) is 1. The summed E-state index contributed by atoms with van der Waals surface area (Å²) in [4.78, 5) is 25.8. The number of nitrogens with zero attached hydrogens (tertiary/aromatic N) is 1. The molecule has 0 radical (unpaired) electrons. The van der Waals surface area contributed by atoms with Gasteiger partial charge in [-0.15, -0.1) is 11.8 Å². The highest BCUT2D eigenvalue weighted by Gasteiger charge is 2.27. The Balaban J connectivity index is 2.16. The maximum absolute atomic E-state index is 12.2. The monoisotopic (exact) mass is 320 g/mol. The van der Waals surface area contributed by atoms with Crippen LogP contribution in [0.25, 0.3) is 5.70 Å². The predicted molar refractivity (Wildman–Crippen MR) is 87.9 cm³/mol. The van der Waals surface area contributed by atoms with Crippen LogP contribution in [0.4, 0.5) is 0 Å². The molecule has 0 aliphatic carbocycles. The van der Waals surface area contributed by atoms with Crippen molar-refractivity contribution in [2.75, 3.05) is 18.9 Å². The highest BCUT2D eigenvalue weighted by Crippen LogP contribution is 2.27. The van der Waals surface area contributed by atoms with Crippen molar-refractivity contribution < 1.29 is 14.7 Å². The van der Waals surface area contributed by atoms with Gasteiger partial charge < -0.3 is 15.3 Å². The number of thioether (sulfide) groups is 1. The zero-order valence-corrected chi connectivity index (χ0v) is 13.5. The summed E-state index contributed by atoms with van der Waals surface area (Å²) in [5.41, 5.74) is 0.928. The summed E-state index contributed by atoms with van der Waals surface area (Å²) in [7, 11) is 0. The summed E-state index contributed by atoms with van der Waals surface area (Å²) in [6.07, 6.45) is 0. The van der Waals surface area contributed by atoms with Gasteiger partial charge >= 0.3 is 0 Å². The van der Waals surface area contributed by atoms with E-state index in [-0.39, 0.29) is 25.0 Å². The third kappa shape index (κ3) is 4.11. The van der Waals surface area contributed by atoms with Gasteiger partial charge in [0.05, 0.1) is 23.6 Å². The highest BCUT2D eigenvalue weighted by molar-refractivity contribution is 8.03. The van der Waals surface area contributed by atoms with Gasteiger partial charge in [0.15, 0.2) is 0 Å². The van der Waals surface area contributed by atoms with Crippen molar-refractivity contribution in [1.29, 1.82) is 0 Å². The van der Waals surface area contributed by atoms with Crippen molar-refractivity contribution in [3.05, 3.63) is 41.3 Å². The normalized spacial score (nSPS) is 15.5. The second-order valence-electron chi connectivity index (χ2n) is 5.75. The summed E-state index contributed by atoms with van der Waals surface area (Å²) in [6.45, 7) is 3.24. The molecule has 0 spiro atoms. The molecular weight excluding hydrogens is 300 g/mol. The summed E-state index contributed by atoms with van der Waals surface area (Å²) in [5.74, 6) is -0.0584. The first-order valence-electron chi connectivity index (χ1n) is 7.02. The summed E-state index contributed by atoms with van der Waals surface area (Å²) >= 11 is 1.43. The van der Waals surface area contributed by atoms with Crippen molar-refractivity contribution in [2.45, 2.75) is 19.4 Å². The maximum Gasteiger partial charge on any atom is 0.240 e. The molecule has 5 nitrogen and oxygen atoms in total. The molecule has 1 heterocycles. The first-order valence-corrected chi connectivity index (χ1v) is 8.07. The molecule has 1 aliphatic rings. The molecule has 6 heteroatoms. The molecule has 0 saturated carbocycles. The van der Waals surface area contributed by atoms with Crippen LogP contribution in [-0.2, 0) is 9.59 Å². The van der Waals surface area contributed by atoms with E-state index in [9.17, 15) is 14.7 Å². The molecule has 1 aromatic rings. The van der Waals surface area contributed by atoms with E-state index in [0.717, 1.165) is 11.3 Å². The van der Waals surface area contributed by atoms with Gasteiger partial charge in [-0.05, 0) is 24.8 Å². The van der Waals surface area contributed by atoms with E-state index in [0.29, 0.717) is 5.75 Å². The van der Waals surface area contributed by atoms with Gasteiger partial charge in [0.25, 0.3) is 0 Å². The Morgan fingerprint density at radius 3 is 2.68 bits per heavy atom. The average molecular weight is 320 g/mol. The maximum atomic E-state index is 12.2. The van der Waals surface area contributed by atoms with Gasteiger partial charge in [-0.1, -0.05) is 30.3 Å². The third-order valence-corrected chi connectivity index (χ3v) is 4.04. The number of hydrogen-bond acceptors (Lipinski definition) is 4. The van der Waals surface area contributed by atoms with Crippen molar-refractivity contribution in [2.24, 2.45) is 0 Å². The number of carbonyl (C=O) groups is 2. The van der Waals surface area contributed by atoms with Crippen molar-refractivity contribution in [1.82, 2.24) is 10.2 Å². The lowest BCUT2D eigenvalue weighted by Crippen LogP contribution is -2.50. The van der Waals surface area contributed by atoms with Gasteiger partial charge in [-0.25, -0.2) is 0 Å². The van der Waals surface area contributed by atoms with Gasteiger partial charge in [0, 0.05) is 0 Å². The van der Waals surface area contributed by atoms with Crippen LogP contribution < -0.4 is 5.32 Å². The number of hydrogen-bond donors (Lipinski definition) is 2. The topological polar surface area (TPSA) is 69.6 Å². The van der Waals surface area contributed by atoms with E-state index in [2.05, 4.69) is 5.32 Å². The van der Waals surface area contributed by atoms with E-state index < -0.39 is 5.54 Å². The van der Waals surface area contributed by atoms with Gasteiger partial charge in [-0.2, -0.15) is 0 Å². The lowest BCUT2D eigenvalue weighted by atomic mass is 10.1. The smallest absolute Gasteiger partial charge is 0.240 e. The minimum Gasteiger partial charge on any atom is -0.394 e. The molecule has 0 aromatic heterocycles. The lowest BCUT2D eigenvalue weighted by molar-refractivity contribution is -0.132. The van der Waals surface area contributed by atoms with Crippen LogP contribution >= 0.6 is 11.8 Å². The zero-order chi connectivity index (χ0) is 16.2. The van der Waals surface area contributed by atoms with E-state index >= 15 is 0 Å². The molecule has 0 atom stereocenters. The fraction of sp³-hybridized carbons (Fsp3) is 0.375. The van der Waals surface area contributed by atoms with Crippen LogP contribution in [0.2, 0.25) is 0 Å².